The Kier molecular flexibility index (Phi) is 3.00. The van der Waals surface area contributed by atoms with Gasteiger partial charge in [0.05, 0.1) is 0 Å². The number of hydrogen-bond acceptors (Lipinski definition) is 3. The summed E-state index contributed by atoms with van der Waals surface area (Å²) < 4.78 is 51.6. The monoisotopic (exact) mass is 298 g/mol. The summed E-state index contributed by atoms with van der Waals surface area (Å²) in [5.41, 5.74) is -1.41. The lowest BCUT2D eigenvalue weighted by Gasteiger charge is -2.32. The zero-order valence-electron chi connectivity index (χ0n) is 11.2. The first-order valence-electron chi connectivity index (χ1n) is 6.49. The number of halogens is 3. The summed E-state index contributed by atoms with van der Waals surface area (Å²) in [7, 11) is 0. The maximum absolute atomic E-state index is 13.6. The Morgan fingerprint density at radius 1 is 1.24 bits per heavy atom. The van der Waals surface area contributed by atoms with E-state index in [1.54, 1.807) is 6.07 Å². The molecule has 1 aliphatic heterocycles. The third-order valence-corrected chi connectivity index (χ3v) is 3.82. The molecule has 3 rings (SSSR count). The van der Waals surface area contributed by atoms with Crippen LogP contribution in [0, 0.1) is 0 Å². The molecule has 0 saturated carbocycles. The van der Waals surface area contributed by atoms with E-state index in [9.17, 15) is 18.0 Å². The Balaban J connectivity index is 2.10. The second-order valence-electron chi connectivity index (χ2n) is 5.38. The molecule has 0 unspecified atom stereocenters. The number of allylic oxidation sites excluding steroid dienone is 1. The quantitative estimate of drug-likeness (QED) is 0.799. The highest BCUT2D eigenvalue weighted by Gasteiger charge is 2.68. The van der Waals surface area contributed by atoms with Gasteiger partial charge in [0.1, 0.15) is 11.7 Å². The first-order chi connectivity index (χ1) is 9.77. The molecule has 1 aromatic carbocycles. The van der Waals surface area contributed by atoms with E-state index < -0.39 is 23.7 Å². The molecule has 2 aliphatic rings. The number of hydrogen-bond donors (Lipinski definition) is 0. The lowest BCUT2D eigenvalue weighted by Crippen LogP contribution is -2.45. The topological polar surface area (TPSA) is 35.5 Å². The van der Waals surface area contributed by atoms with Crippen LogP contribution in [0.2, 0.25) is 0 Å². The minimum Gasteiger partial charge on any atom is -0.332 e. The van der Waals surface area contributed by atoms with Gasteiger partial charge in [-0.15, -0.1) is 0 Å². The summed E-state index contributed by atoms with van der Waals surface area (Å²) in [5.74, 6) is -3.12. The number of ether oxygens (including phenoxy) is 2. The molecule has 3 atom stereocenters. The van der Waals surface area contributed by atoms with E-state index in [4.69, 9.17) is 9.47 Å². The van der Waals surface area contributed by atoms with Gasteiger partial charge in [0.2, 0.25) is 0 Å². The molecule has 0 spiro atoms. The van der Waals surface area contributed by atoms with Gasteiger partial charge in [0.25, 0.3) is 5.79 Å². The molecule has 1 saturated heterocycles. The Hall–Kier alpha value is -1.66. The second kappa shape index (κ2) is 4.42. The van der Waals surface area contributed by atoms with Crippen LogP contribution in [0.4, 0.5) is 13.2 Å². The molecule has 0 bridgehead atoms. The van der Waals surface area contributed by atoms with Crippen molar-refractivity contribution in [2.24, 2.45) is 0 Å². The maximum atomic E-state index is 13.6. The molecule has 1 fully saturated rings. The van der Waals surface area contributed by atoms with E-state index in [1.807, 2.05) is 0 Å². The highest BCUT2D eigenvalue weighted by atomic mass is 19.4. The van der Waals surface area contributed by atoms with Crippen LogP contribution in [-0.4, -0.2) is 23.7 Å². The van der Waals surface area contributed by atoms with Crippen molar-refractivity contribution in [2.75, 3.05) is 0 Å². The summed E-state index contributed by atoms with van der Waals surface area (Å²) in [6, 6.07) is 7.20. The molecular weight excluding hydrogens is 285 g/mol. The van der Waals surface area contributed by atoms with E-state index in [-0.39, 0.29) is 17.8 Å². The van der Waals surface area contributed by atoms with Gasteiger partial charge < -0.3 is 9.47 Å². The Morgan fingerprint density at radius 3 is 2.52 bits per heavy atom. The third-order valence-electron chi connectivity index (χ3n) is 3.82. The van der Waals surface area contributed by atoms with Gasteiger partial charge in [-0.05, 0) is 19.1 Å². The second-order valence-corrected chi connectivity index (χ2v) is 5.38. The van der Waals surface area contributed by atoms with Crippen LogP contribution in [0.25, 0.3) is 0 Å². The molecule has 0 N–H and O–H groups in total. The number of benzene rings is 1. The smallest absolute Gasteiger partial charge is 0.332 e. The van der Waals surface area contributed by atoms with Crippen molar-refractivity contribution in [3.63, 3.8) is 0 Å². The molecule has 0 aromatic heterocycles. The van der Waals surface area contributed by atoms with Gasteiger partial charge in [-0.2, -0.15) is 13.2 Å². The molecule has 1 aliphatic carbocycles. The molecular formula is C15H13F3O3. The molecule has 1 heterocycles. The van der Waals surface area contributed by atoms with Crippen molar-refractivity contribution in [2.45, 2.75) is 37.0 Å². The standard InChI is InChI=1S/C15H13F3O3/c1-13-8-7-11(19)9-12(13)20-14(21-13,15(16,17)18)10-5-3-2-4-6-10/h2-8,12H,9H2,1H3/t12-,13+,14+/m0/s1. The van der Waals surface area contributed by atoms with Crippen LogP contribution < -0.4 is 0 Å². The molecule has 6 heteroatoms. The highest BCUT2D eigenvalue weighted by Crippen LogP contribution is 2.54. The van der Waals surface area contributed by atoms with Crippen molar-refractivity contribution in [3.05, 3.63) is 48.0 Å². The third kappa shape index (κ3) is 2.10. The summed E-state index contributed by atoms with van der Waals surface area (Å²) in [5, 5.41) is 0. The van der Waals surface area contributed by atoms with E-state index in [1.165, 1.54) is 43.3 Å². The molecule has 21 heavy (non-hydrogen) atoms. The fourth-order valence-corrected chi connectivity index (χ4v) is 2.68. The maximum Gasteiger partial charge on any atom is 0.448 e. The fraction of sp³-hybridized carbons (Fsp3) is 0.400. The predicted octanol–water partition coefficient (Wildman–Crippen LogP) is 3.10. The zero-order chi connectivity index (χ0) is 15.3. The van der Waals surface area contributed by atoms with E-state index in [0.29, 0.717) is 0 Å². The largest absolute Gasteiger partial charge is 0.448 e. The van der Waals surface area contributed by atoms with Gasteiger partial charge in [0.15, 0.2) is 5.78 Å². The van der Waals surface area contributed by atoms with Gasteiger partial charge in [-0.1, -0.05) is 30.3 Å². The van der Waals surface area contributed by atoms with Crippen molar-refractivity contribution >= 4 is 5.78 Å². The number of alkyl halides is 3. The normalized spacial score (nSPS) is 35.8. The Labute approximate surface area is 119 Å². The average molecular weight is 298 g/mol. The van der Waals surface area contributed by atoms with Gasteiger partial charge in [0, 0.05) is 12.0 Å². The number of carbonyl (C=O) groups excluding carboxylic acids is 1. The molecule has 112 valence electrons. The van der Waals surface area contributed by atoms with Crippen LogP contribution in [0.1, 0.15) is 18.9 Å². The van der Waals surface area contributed by atoms with Crippen LogP contribution in [0.15, 0.2) is 42.5 Å². The van der Waals surface area contributed by atoms with Crippen LogP contribution in [-0.2, 0) is 20.1 Å². The Morgan fingerprint density at radius 2 is 1.90 bits per heavy atom. The highest BCUT2D eigenvalue weighted by molar-refractivity contribution is 5.91. The fourth-order valence-electron chi connectivity index (χ4n) is 2.68. The van der Waals surface area contributed by atoms with E-state index in [2.05, 4.69) is 0 Å². The first kappa shape index (κ1) is 14.3. The molecule has 3 nitrogen and oxygen atoms in total. The van der Waals surface area contributed by atoms with Gasteiger partial charge in [-0.25, -0.2) is 0 Å². The zero-order valence-corrected chi connectivity index (χ0v) is 11.2. The molecule has 1 aromatic rings. The average Bonchev–Trinajstić information content (AvgIpc) is 2.74. The minimum atomic E-state index is -4.76. The SMILES string of the molecule is C[C@@]12C=CC(=O)C[C@@H]1O[C@@](c1ccccc1)(C(F)(F)F)O2. The first-order valence-corrected chi connectivity index (χ1v) is 6.49. The minimum absolute atomic E-state index is 0.127. The molecule has 0 amide bonds. The lowest BCUT2D eigenvalue weighted by atomic mass is 9.89. The summed E-state index contributed by atoms with van der Waals surface area (Å²) in [6.45, 7) is 1.50. The Bertz CT molecular complexity index is 596. The van der Waals surface area contributed by atoms with E-state index in [0.717, 1.165) is 0 Å². The summed E-state index contributed by atoms with van der Waals surface area (Å²) in [6.07, 6.45) is -3.25. The van der Waals surface area contributed by atoms with Crippen LogP contribution in [0.3, 0.4) is 0 Å². The van der Waals surface area contributed by atoms with Crippen molar-refractivity contribution < 1.29 is 27.4 Å². The number of carbonyl (C=O) groups is 1. The van der Waals surface area contributed by atoms with E-state index >= 15 is 0 Å². The number of ketones is 1. The lowest BCUT2D eigenvalue weighted by molar-refractivity contribution is -0.363. The summed E-state index contributed by atoms with van der Waals surface area (Å²) >= 11 is 0. The number of fused-ring (bicyclic) bond motifs is 1. The van der Waals surface area contributed by atoms with Gasteiger partial charge in [-0.3, -0.25) is 4.79 Å². The number of rotatable bonds is 1. The van der Waals surface area contributed by atoms with Crippen LogP contribution in [0.5, 0.6) is 0 Å². The van der Waals surface area contributed by atoms with Crippen molar-refractivity contribution in [1.29, 1.82) is 0 Å². The van der Waals surface area contributed by atoms with Crippen molar-refractivity contribution in [1.82, 2.24) is 0 Å². The predicted molar refractivity (Wildman–Crippen MR) is 67.3 cm³/mol. The summed E-state index contributed by atoms with van der Waals surface area (Å²) in [4.78, 5) is 11.4. The van der Waals surface area contributed by atoms with Crippen LogP contribution >= 0.6 is 0 Å². The van der Waals surface area contributed by atoms with Gasteiger partial charge >= 0.3 is 6.18 Å². The molecule has 0 radical (unpaired) electrons. The van der Waals surface area contributed by atoms with Crippen molar-refractivity contribution in [3.8, 4) is 0 Å².